The summed E-state index contributed by atoms with van der Waals surface area (Å²) in [6.07, 6.45) is 1.99. The summed E-state index contributed by atoms with van der Waals surface area (Å²) in [4.78, 5) is 4.98. The second kappa shape index (κ2) is 12.2. The lowest BCUT2D eigenvalue weighted by Gasteiger charge is -2.12. The molecule has 0 aliphatic heterocycles. The number of aliphatic imine (C=N–C) groups is 1. The zero-order valence-corrected chi connectivity index (χ0v) is 18.8. The molecule has 0 atom stereocenters. The first-order chi connectivity index (χ1) is 14.4. The predicted molar refractivity (Wildman–Crippen MR) is 123 cm³/mol. The number of hydrogen-bond acceptors (Lipinski definition) is 5. The van der Waals surface area contributed by atoms with Crippen molar-refractivity contribution in [3.05, 3.63) is 59.7 Å². The number of methoxy groups -OCH3 is 1. The van der Waals surface area contributed by atoms with Crippen LogP contribution in [0.5, 0.6) is 0 Å². The number of nitrogens with one attached hydrogen (secondary N) is 3. The van der Waals surface area contributed by atoms with Crippen molar-refractivity contribution < 1.29 is 13.2 Å². The summed E-state index contributed by atoms with van der Waals surface area (Å²) in [5, 5.41) is 9.87. The van der Waals surface area contributed by atoms with Crippen LogP contribution in [-0.2, 0) is 27.5 Å². The van der Waals surface area contributed by atoms with Crippen LogP contribution in [0.25, 0.3) is 0 Å². The van der Waals surface area contributed by atoms with Crippen molar-refractivity contribution in [2.24, 2.45) is 4.99 Å². The average Bonchev–Trinajstić information content (AvgIpc) is 2.73. The fourth-order valence-electron chi connectivity index (χ4n) is 2.77. The lowest BCUT2D eigenvalue weighted by atomic mass is 10.1. The van der Waals surface area contributed by atoms with Crippen molar-refractivity contribution in [3.8, 4) is 0 Å². The maximum atomic E-state index is 11.5. The molecule has 0 saturated carbocycles. The van der Waals surface area contributed by atoms with Crippen LogP contribution in [-0.4, -0.2) is 54.0 Å². The monoisotopic (exact) mass is 432 g/mol. The Morgan fingerprint density at radius 1 is 0.967 bits per heavy atom. The van der Waals surface area contributed by atoms with Crippen LogP contribution in [0.15, 0.2) is 58.4 Å². The zero-order valence-electron chi connectivity index (χ0n) is 17.9. The van der Waals surface area contributed by atoms with Gasteiger partial charge in [0, 0.05) is 38.7 Å². The Kier molecular flexibility index (Phi) is 9.63. The Labute approximate surface area is 179 Å². The largest absolute Gasteiger partial charge is 0.383 e. The van der Waals surface area contributed by atoms with E-state index >= 15 is 0 Å². The third-order valence-electron chi connectivity index (χ3n) is 4.41. The number of benzene rings is 2. The Balaban J connectivity index is 1.85. The Morgan fingerprint density at radius 3 is 2.23 bits per heavy atom. The molecule has 2 aromatic carbocycles. The van der Waals surface area contributed by atoms with Crippen LogP contribution in [0, 0.1) is 0 Å². The van der Waals surface area contributed by atoms with E-state index < -0.39 is 9.84 Å². The van der Waals surface area contributed by atoms with Gasteiger partial charge >= 0.3 is 0 Å². The summed E-state index contributed by atoms with van der Waals surface area (Å²) in [6.45, 7) is 5.53. The van der Waals surface area contributed by atoms with Gasteiger partial charge in [-0.3, -0.25) is 0 Å². The molecule has 0 amide bonds. The topological polar surface area (TPSA) is 91.8 Å². The highest BCUT2D eigenvalue weighted by Crippen LogP contribution is 2.11. The Morgan fingerprint density at radius 2 is 1.63 bits per heavy atom. The minimum atomic E-state index is -3.16. The van der Waals surface area contributed by atoms with E-state index in [-0.39, 0.29) is 0 Å². The van der Waals surface area contributed by atoms with Crippen LogP contribution < -0.4 is 16.0 Å². The molecule has 0 heterocycles. The number of sulfone groups is 1. The van der Waals surface area contributed by atoms with Gasteiger partial charge in [0.15, 0.2) is 15.8 Å². The highest BCUT2D eigenvalue weighted by atomic mass is 32.2. The van der Waals surface area contributed by atoms with Gasteiger partial charge in [-0.1, -0.05) is 24.3 Å². The van der Waals surface area contributed by atoms with E-state index in [1.165, 1.54) is 6.26 Å². The van der Waals surface area contributed by atoms with Crippen molar-refractivity contribution in [2.45, 2.75) is 24.8 Å². The van der Waals surface area contributed by atoms with E-state index in [9.17, 15) is 8.42 Å². The summed E-state index contributed by atoms with van der Waals surface area (Å²) >= 11 is 0. The molecule has 0 saturated heterocycles. The van der Waals surface area contributed by atoms with Crippen molar-refractivity contribution in [1.82, 2.24) is 10.6 Å². The van der Waals surface area contributed by atoms with Gasteiger partial charge in [-0.15, -0.1) is 0 Å². The van der Waals surface area contributed by atoms with Gasteiger partial charge in [-0.2, -0.15) is 0 Å². The summed E-state index contributed by atoms with van der Waals surface area (Å²) < 4.78 is 28.1. The van der Waals surface area contributed by atoms with E-state index in [0.717, 1.165) is 42.3 Å². The highest BCUT2D eigenvalue weighted by molar-refractivity contribution is 7.90. The molecular formula is C22H32N4O3S. The van der Waals surface area contributed by atoms with E-state index in [1.54, 1.807) is 19.2 Å². The summed E-state index contributed by atoms with van der Waals surface area (Å²) in [7, 11) is -1.47. The molecule has 2 rings (SSSR count). The molecule has 3 N–H and O–H groups in total. The quantitative estimate of drug-likeness (QED) is 0.287. The van der Waals surface area contributed by atoms with Gasteiger partial charge in [0.1, 0.15) is 0 Å². The molecule has 7 nitrogen and oxygen atoms in total. The number of ether oxygens (including phenoxy) is 1. The van der Waals surface area contributed by atoms with Crippen LogP contribution in [0.2, 0.25) is 0 Å². The van der Waals surface area contributed by atoms with Crippen LogP contribution in [0.1, 0.15) is 18.1 Å². The molecule has 2 aromatic rings. The van der Waals surface area contributed by atoms with Gasteiger partial charge in [0.2, 0.25) is 0 Å². The maximum Gasteiger partial charge on any atom is 0.191 e. The minimum Gasteiger partial charge on any atom is -0.383 e. The number of guanidine groups is 1. The van der Waals surface area contributed by atoms with Crippen LogP contribution in [0.4, 0.5) is 5.69 Å². The molecule has 0 radical (unpaired) electrons. The van der Waals surface area contributed by atoms with Gasteiger partial charge in [0.05, 0.1) is 18.0 Å². The molecule has 0 spiro atoms. The molecule has 30 heavy (non-hydrogen) atoms. The molecule has 8 heteroatoms. The Bertz CT molecular complexity index is 895. The first-order valence-corrected chi connectivity index (χ1v) is 11.9. The van der Waals surface area contributed by atoms with Crippen molar-refractivity contribution >= 4 is 21.5 Å². The summed E-state index contributed by atoms with van der Waals surface area (Å²) in [5.41, 5.74) is 3.26. The average molecular weight is 433 g/mol. The molecule has 0 fully saturated rings. The van der Waals surface area contributed by atoms with E-state index in [4.69, 9.17) is 4.74 Å². The fourth-order valence-corrected chi connectivity index (χ4v) is 3.40. The SMILES string of the molecule is CCNC(=NCc1ccc(NCCOC)cc1)NCCc1ccc(S(C)(=O)=O)cc1. The Hall–Kier alpha value is -2.58. The van der Waals surface area contributed by atoms with Crippen LogP contribution >= 0.6 is 0 Å². The molecule has 0 aliphatic rings. The summed E-state index contributed by atoms with van der Waals surface area (Å²) in [5.74, 6) is 0.757. The maximum absolute atomic E-state index is 11.5. The third kappa shape index (κ3) is 8.42. The zero-order chi connectivity index (χ0) is 21.8. The van der Waals surface area contributed by atoms with Gasteiger partial charge in [-0.25, -0.2) is 13.4 Å². The van der Waals surface area contributed by atoms with E-state index in [2.05, 4.69) is 33.1 Å². The van der Waals surface area contributed by atoms with E-state index in [1.807, 2.05) is 31.2 Å². The van der Waals surface area contributed by atoms with E-state index in [0.29, 0.717) is 24.6 Å². The van der Waals surface area contributed by atoms with Gasteiger partial charge < -0.3 is 20.7 Å². The molecular weight excluding hydrogens is 400 g/mol. The lowest BCUT2D eigenvalue weighted by Crippen LogP contribution is -2.38. The third-order valence-corrected chi connectivity index (χ3v) is 5.54. The fraction of sp³-hybridized carbons (Fsp3) is 0.409. The minimum absolute atomic E-state index is 0.342. The highest BCUT2D eigenvalue weighted by Gasteiger charge is 2.06. The molecule has 0 bridgehead atoms. The van der Waals surface area contributed by atoms with Crippen molar-refractivity contribution in [2.75, 3.05) is 44.9 Å². The first kappa shape index (κ1) is 23.7. The van der Waals surface area contributed by atoms with Crippen LogP contribution in [0.3, 0.4) is 0 Å². The van der Waals surface area contributed by atoms with Crippen molar-refractivity contribution in [1.29, 1.82) is 0 Å². The molecule has 0 aromatic heterocycles. The standard InChI is InChI=1S/C22H32N4O3S/c1-4-23-22(25-14-13-18-7-11-21(12-8-18)30(3,27)28)26-17-19-5-9-20(10-6-19)24-15-16-29-2/h5-12,24H,4,13-17H2,1-3H3,(H2,23,25,26). The van der Waals surface area contributed by atoms with Gasteiger partial charge in [-0.05, 0) is 48.7 Å². The predicted octanol–water partition coefficient (Wildman–Crippen LogP) is 2.45. The number of hydrogen-bond donors (Lipinski definition) is 3. The number of nitrogens with zero attached hydrogens (tertiary/aromatic N) is 1. The molecule has 164 valence electrons. The number of anilines is 1. The van der Waals surface area contributed by atoms with Crippen molar-refractivity contribution in [3.63, 3.8) is 0 Å². The second-order valence-electron chi connectivity index (χ2n) is 6.90. The van der Waals surface area contributed by atoms with Gasteiger partial charge in [0.25, 0.3) is 0 Å². The first-order valence-electron chi connectivity index (χ1n) is 10.1. The molecule has 0 aliphatic carbocycles. The second-order valence-corrected chi connectivity index (χ2v) is 8.92. The molecule has 0 unspecified atom stereocenters. The summed E-state index contributed by atoms with van der Waals surface area (Å²) in [6, 6.07) is 15.2. The normalized spacial score (nSPS) is 11.9. The number of rotatable bonds is 11. The smallest absolute Gasteiger partial charge is 0.191 e. The lowest BCUT2D eigenvalue weighted by molar-refractivity contribution is 0.211.